The maximum atomic E-state index is 4.71. The van der Waals surface area contributed by atoms with Crippen molar-refractivity contribution in [1.82, 2.24) is 0 Å². The molecule has 0 N–H and O–H groups in total. The third-order valence-corrected chi connectivity index (χ3v) is 8.84. The highest BCUT2D eigenvalue weighted by molar-refractivity contribution is 5.87. The summed E-state index contributed by atoms with van der Waals surface area (Å²) in [6.45, 7) is 6.75. The fraction of sp³-hybridized carbons (Fsp3) is 0.0455. The summed E-state index contributed by atoms with van der Waals surface area (Å²) in [5, 5.41) is 0. The SMILES string of the molecule is C=C(/C=C\C=C/C)C1(c2ccc(N(c3ccccc3)c3ccc(-c4ccccc4)cc3)cc2)c2ccccc2-c2ccccc21. The molecule has 0 saturated carbocycles. The van der Waals surface area contributed by atoms with Crippen molar-refractivity contribution in [2.75, 3.05) is 4.90 Å². The highest BCUT2D eigenvalue weighted by Crippen LogP contribution is 2.56. The molecular formula is C44H35N. The van der Waals surface area contributed by atoms with Gasteiger partial charge >= 0.3 is 0 Å². The van der Waals surface area contributed by atoms with Gasteiger partial charge in [-0.2, -0.15) is 0 Å². The van der Waals surface area contributed by atoms with E-state index in [1.807, 2.05) is 13.0 Å². The maximum Gasteiger partial charge on any atom is 0.0707 e. The van der Waals surface area contributed by atoms with Crippen LogP contribution in [0.3, 0.4) is 0 Å². The van der Waals surface area contributed by atoms with Gasteiger partial charge in [0.2, 0.25) is 0 Å². The fourth-order valence-corrected chi connectivity index (χ4v) is 6.80. The van der Waals surface area contributed by atoms with E-state index in [-0.39, 0.29) is 0 Å². The second-order valence-corrected chi connectivity index (χ2v) is 11.4. The Bertz CT molecular complexity index is 1950. The van der Waals surface area contributed by atoms with Gasteiger partial charge in [0.25, 0.3) is 0 Å². The van der Waals surface area contributed by atoms with Crippen LogP contribution in [0.5, 0.6) is 0 Å². The number of allylic oxidation sites excluding steroid dienone is 5. The molecule has 1 nitrogen and oxygen atoms in total. The van der Waals surface area contributed by atoms with Crippen LogP contribution in [0.25, 0.3) is 22.3 Å². The molecule has 0 spiro atoms. The van der Waals surface area contributed by atoms with Crippen LogP contribution >= 0.6 is 0 Å². The van der Waals surface area contributed by atoms with Gasteiger partial charge in [0.15, 0.2) is 0 Å². The van der Waals surface area contributed by atoms with Crippen molar-refractivity contribution in [3.05, 3.63) is 211 Å². The summed E-state index contributed by atoms with van der Waals surface area (Å²) in [6, 6.07) is 56.6. The summed E-state index contributed by atoms with van der Waals surface area (Å²) in [4.78, 5) is 2.32. The van der Waals surface area contributed by atoms with Gasteiger partial charge in [0.05, 0.1) is 5.41 Å². The van der Waals surface area contributed by atoms with E-state index in [4.69, 9.17) is 6.58 Å². The Morgan fingerprint density at radius 1 is 0.511 bits per heavy atom. The first-order valence-electron chi connectivity index (χ1n) is 15.5. The van der Waals surface area contributed by atoms with Crippen LogP contribution < -0.4 is 4.90 Å². The van der Waals surface area contributed by atoms with Crippen LogP contribution in [0.1, 0.15) is 23.6 Å². The first-order chi connectivity index (χ1) is 22.2. The van der Waals surface area contributed by atoms with E-state index in [0.717, 1.165) is 22.6 Å². The molecule has 6 aromatic rings. The normalized spacial score (nSPS) is 13.1. The molecule has 0 radical (unpaired) electrons. The quantitative estimate of drug-likeness (QED) is 0.163. The van der Waals surface area contributed by atoms with Gasteiger partial charge in [-0.3, -0.25) is 0 Å². The molecule has 1 aliphatic carbocycles. The second-order valence-electron chi connectivity index (χ2n) is 11.4. The lowest BCUT2D eigenvalue weighted by Crippen LogP contribution is -2.28. The summed E-state index contributed by atoms with van der Waals surface area (Å²) in [5.74, 6) is 0. The molecule has 45 heavy (non-hydrogen) atoms. The first-order valence-corrected chi connectivity index (χ1v) is 15.5. The van der Waals surface area contributed by atoms with Gasteiger partial charge in [-0.15, -0.1) is 0 Å². The van der Waals surface area contributed by atoms with Gasteiger partial charge < -0.3 is 4.90 Å². The molecule has 0 unspecified atom stereocenters. The Hall–Kier alpha value is -5.66. The monoisotopic (exact) mass is 577 g/mol. The average molecular weight is 578 g/mol. The highest BCUT2D eigenvalue weighted by atomic mass is 15.1. The summed E-state index contributed by atoms with van der Waals surface area (Å²) < 4.78 is 0. The van der Waals surface area contributed by atoms with Crippen LogP contribution in [0, 0.1) is 0 Å². The fourth-order valence-electron chi connectivity index (χ4n) is 6.80. The number of nitrogens with zero attached hydrogens (tertiary/aromatic N) is 1. The third kappa shape index (κ3) is 4.93. The molecule has 0 atom stereocenters. The zero-order chi connectivity index (χ0) is 30.6. The lowest BCUT2D eigenvalue weighted by atomic mass is 9.67. The van der Waals surface area contributed by atoms with E-state index in [2.05, 4.69) is 181 Å². The predicted molar refractivity (Wildman–Crippen MR) is 191 cm³/mol. The molecule has 7 rings (SSSR count). The summed E-state index contributed by atoms with van der Waals surface area (Å²) in [7, 11) is 0. The maximum absolute atomic E-state index is 4.71. The topological polar surface area (TPSA) is 3.24 Å². The molecule has 0 amide bonds. The molecule has 0 aliphatic heterocycles. The predicted octanol–water partition coefficient (Wildman–Crippen LogP) is 11.8. The van der Waals surface area contributed by atoms with Crippen molar-refractivity contribution < 1.29 is 0 Å². The number of benzene rings is 6. The number of fused-ring (bicyclic) bond motifs is 3. The Morgan fingerprint density at radius 3 is 1.56 bits per heavy atom. The summed E-state index contributed by atoms with van der Waals surface area (Å²) >= 11 is 0. The standard InChI is InChI=1S/C44H35N/c1-3-4-7-16-33(2)44(42-23-14-12-21-40(42)41-22-13-15-24-43(41)44)36-27-31-39(32-28-36)45(37-19-10-6-11-20-37)38-29-25-35(26-30-38)34-17-8-5-9-18-34/h3-32H,2H2,1H3/b4-3-,16-7-. The van der Waals surface area contributed by atoms with E-state index in [9.17, 15) is 0 Å². The van der Waals surface area contributed by atoms with E-state index in [1.54, 1.807) is 0 Å². The third-order valence-electron chi connectivity index (χ3n) is 8.84. The number of hydrogen-bond donors (Lipinski definition) is 0. The minimum Gasteiger partial charge on any atom is -0.311 e. The molecule has 1 aliphatic rings. The average Bonchev–Trinajstić information content (AvgIpc) is 3.41. The van der Waals surface area contributed by atoms with Gasteiger partial charge in [-0.25, -0.2) is 0 Å². The largest absolute Gasteiger partial charge is 0.311 e. The molecule has 6 aromatic carbocycles. The molecule has 0 saturated heterocycles. The molecule has 0 heterocycles. The number of para-hydroxylation sites is 1. The summed E-state index contributed by atoms with van der Waals surface area (Å²) in [6.07, 6.45) is 8.37. The van der Waals surface area contributed by atoms with E-state index >= 15 is 0 Å². The van der Waals surface area contributed by atoms with Crippen molar-refractivity contribution in [2.24, 2.45) is 0 Å². The molecular weight excluding hydrogens is 542 g/mol. The smallest absolute Gasteiger partial charge is 0.0707 e. The van der Waals surface area contributed by atoms with Crippen LogP contribution in [0.2, 0.25) is 0 Å². The van der Waals surface area contributed by atoms with E-state index in [1.165, 1.54) is 38.9 Å². The Kier molecular flexibility index (Phi) is 7.59. The first kappa shape index (κ1) is 28.1. The Labute approximate surface area is 266 Å². The van der Waals surface area contributed by atoms with Crippen LogP contribution in [-0.2, 0) is 5.41 Å². The van der Waals surface area contributed by atoms with Crippen LogP contribution in [0.4, 0.5) is 17.1 Å². The molecule has 0 fully saturated rings. The second kappa shape index (κ2) is 12.1. The Balaban J connectivity index is 1.36. The van der Waals surface area contributed by atoms with E-state index in [0.29, 0.717) is 0 Å². The lowest BCUT2D eigenvalue weighted by Gasteiger charge is -2.34. The zero-order valence-electron chi connectivity index (χ0n) is 25.5. The number of hydrogen-bond acceptors (Lipinski definition) is 1. The van der Waals surface area contributed by atoms with Gasteiger partial charge in [0, 0.05) is 17.1 Å². The minimum atomic E-state index is -0.501. The molecule has 1 heteroatoms. The number of anilines is 3. The molecule has 216 valence electrons. The highest BCUT2D eigenvalue weighted by Gasteiger charge is 2.45. The van der Waals surface area contributed by atoms with Crippen molar-refractivity contribution in [1.29, 1.82) is 0 Å². The van der Waals surface area contributed by atoms with Crippen molar-refractivity contribution in [3.63, 3.8) is 0 Å². The van der Waals surface area contributed by atoms with Gasteiger partial charge in [0.1, 0.15) is 0 Å². The number of rotatable bonds is 8. The van der Waals surface area contributed by atoms with Gasteiger partial charge in [-0.1, -0.05) is 152 Å². The zero-order valence-corrected chi connectivity index (χ0v) is 25.5. The van der Waals surface area contributed by atoms with Gasteiger partial charge in [-0.05, 0) is 87.8 Å². The van der Waals surface area contributed by atoms with Crippen molar-refractivity contribution in [2.45, 2.75) is 12.3 Å². The lowest BCUT2D eigenvalue weighted by molar-refractivity contribution is 0.770. The van der Waals surface area contributed by atoms with Crippen LogP contribution in [0.15, 0.2) is 194 Å². The van der Waals surface area contributed by atoms with Crippen molar-refractivity contribution in [3.8, 4) is 22.3 Å². The summed E-state index contributed by atoms with van der Waals surface area (Å²) in [5.41, 5.74) is 12.6. The van der Waals surface area contributed by atoms with Crippen LogP contribution in [-0.4, -0.2) is 0 Å². The molecule has 0 bridgehead atoms. The Morgan fingerprint density at radius 2 is 0.978 bits per heavy atom. The van der Waals surface area contributed by atoms with E-state index < -0.39 is 5.41 Å². The molecule has 0 aromatic heterocycles. The minimum absolute atomic E-state index is 0.501. The van der Waals surface area contributed by atoms with Crippen molar-refractivity contribution >= 4 is 17.1 Å².